The van der Waals surface area contributed by atoms with Crippen LogP contribution in [0.15, 0.2) is 109 Å². The van der Waals surface area contributed by atoms with Crippen LogP contribution < -0.4 is 10.1 Å². The summed E-state index contributed by atoms with van der Waals surface area (Å²) in [4.78, 5) is 34.5. The van der Waals surface area contributed by atoms with E-state index < -0.39 is 5.97 Å². The smallest absolute Gasteiger partial charge is 0.335 e. The summed E-state index contributed by atoms with van der Waals surface area (Å²) in [5.41, 5.74) is 4.56. The molecule has 0 saturated heterocycles. The van der Waals surface area contributed by atoms with Crippen molar-refractivity contribution in [2.75, 3.05) is 5.32 Å². The number of nitrogens with one attached hydrogen (secondary N) is 1. The first-order valence-electron chi connectivity index (χ1n) is 14.1. The third kappa shape index (κ3) is 9.30. The van der Waals surface area contributed by atoms with Crippen LogP contribution >= 0.6 is 0 Å². The highest BCUT2D eigenvalue weighted by atomic mass is 16.5. The largest absolute Gasteiger partial charge is 0.488 e. The zero-order valence-corrected chi connectivity index (χ0v) is 23.4. The number of carboxylic acids is 1. The number of allylic oxidation sites excluding steroid dienone is 1. The molecule has 42 heavy (non-hydrogen) atoms. The van der Waals surface area contributed by atoms with Crippen LogP contribution in [0.1, 0.15) is 63.1 Å². The molecule has 0 aliphatic carbocycles. The predicted octanol–water partition coefficient (Wildman–Crippen LogP) is 7.85. The van der Waals surface area contributed by atoms with E-state index in [0.717, 1.165) is 60.1 Å². The lowest BCUT2D eigenvalue weighted by Gasteiger charge is -2.14. The normalized spacial score (nSPS) is 11.6. The number of aldehydes is 1. The average molecular weight is 562 g/mol. The zero-order valence-electron chi connectivity index (χ0n) is 23.4. The second-order valence-corrected chi connectivity index (χ2v) is 10.1. The molecule has 0 spiro atoms. The van der Waals surface area contributed by atoms with Crippen molar-refractivity contribution in [3.63, 3.8) is 0 Å². The molecule has 0 aromatic heterocycles. The van der Waals surface area contributed by atoms with Crippen molar-refractivity contribution < 1.29 is 24.2 Å². The van der Waals surface area contributed by atoms with Crippen molar-refractivity contribution in [1.82, 2.24) is 0 Å². The number of ether oxygens (including phenoxy) is 1. The first kappa shape index (κ1) is 30.0. The number of aromatic carboxylic acids is 1. The molecule has 0 saturated carbocycles. The molecule has 6 heteroatoms. The molecule has 0 radical (unpaired) electrons. The lowest BCUT2D eigenvalue weighted by atomic mass is 9.92. The summed E-state index contributed by atoms with van der Waals surface area (Å²) in [7, 11) is 0. The fourth-order valence-corrected chi connectivity index (χ4v) is 4.61. The van der Waals surface area contributed by atoms with Crippen molar-refractivity contribution >= 4 is 29.9 Å². The third-order valence-electron chi connectivity index (χ3n) is 6.95. The Hall–Kier alpha value is -4.97. The van der Waals surface area contributed by atoms with E-state index in [2.05, 4.69) is 17.5 Å². The van der Waals surface area contributed by atoms with Gasteiger partial charge in [0.2, 0.25) is 0 Å². The van der Waals surface area contributed by atoms with Crippen LogP contribution in [0.2, 0.25) is 0 Å². The number of benzene rings is 4. The second kappa shape index (κ2) is 15.7. The molecule has 2 N–H and O–H groups in total. The minimum atomic E-state index is -0.937. The second-order valence-electron chi connectivity index (χ2n) is 10.1. The van der Waals surface area contributed by atoms with Gasteiger partial charge in [-0.25, -0.2) is 4.79 Å². The van der Waals surface area contributed by atoms with Gasteiger partial charge in [-0.2, -0.15) is 0 Å². The van der Waals surface area contributed by atoms with Crippen LogP contribution in [-0.2, 0) is 17.8 Å². The maximum Gasteiger partial charge on any atom is 0.335 e. The molecule has 1 atom stereocenters. The first-order chi connectivity index (χ1) is 20.5. The van der Waals surface area contributed by atoms with Crippen molar-refractivity contribution in [3.8, 4) is 5.75 Å². The van der Waals surface area contributed by atoms with Gasteiger partial charge in [0.15, 0.2) is 0 Å². The van der Waals surface area contributed by atoms with Crippen LogP contribution in [0.3, 0.4) is 0 Å². The van der Waals surface area contributed by atoms with Crippen molar-refractivity contribution in [1.29, 1.82) is 0 Å². The van der Waals surface area contributed by atoms with E-state index in [1.165, 1.54) is 0 Å². The van der Waals surface area contributed by atoms with Crippen molar-refractivity contribution in [2.24, 2.45) is 5.92 Å². The molecule has 1 unspecified atom stereocenters. The zero-order chi connectivity index (χ0) is 29.6. The molecule has 4 rings (SSSR count). The van der Waals surface area contributed by atoms with E-state index in [0.29, 0.717) is 18.6 Å². The number of carbonyl (C=O) groups excluding carboxylic acids is 2. The molecule has 4 aromatic carbocycles. The van der Waals surface area contributed by atoms with Gasteiger partial charge in [-0.3, -0.25) is 4.79 Å². The Balaban J connectivity index is 1.39. The van der Waals surface area contributed by atoms with Crippen LogP contribution in [0.4, 0.5) is 5.69 Å². The van der Waals surface area contributed by atoms with E-state index >= 15 is 0 Å². The topological polar surface area (TPSA) is 92.7 Å². The third-order valence-corrected chi connectivity index (χ3v) is 6.95. The number of rotatable bonds is 15. The van der Waals surface area contributed by atoms with Crippen LogP contribution in [0, 0.1) is 5.92 Å². The molecule has 1 amide bonds. The highest BCUT2D eigenvalue weighted by Gasteiger charge is 2.10. The van der Waals surface area contributed by atoms with E-state index in [9.17, 15) is 19.5 Å². The van der Waals surface area contributed by atoms with Crippen LogP contribution in [-0.4, -0.2) is 23.3 Å². The van der Waals surface area contributed by atoms with Gasteiger partial charge in [0.1, 0.15) is 18.6 Å². The van der Waals surface area contributed by atoms with E-state index in [-0.39, 0.29) is 17.4 Å². The Morgan fingerprint density at radius 2 is 1.45 bits per heavy atom. The Morgan fingerprint density at radius 3 is 2.17 bits per heavy atom. The quantitative estimate of drug-likeness (QED) is 0.114. The van der Waals surface area contributed by atoms with Gasteiger partial charge < -0.3 is 20.0 Å². The number of unbranched alkanes of at least 4 members (excludes halogenated alkanes) is 2. The lowest BCUT2D eigenvalue weighted by molar-refractivity contribution is -0.107. The molecular weight excluding hydrogens is 526 g/mol. The number of anilines is 1. The van der Waals surface area contributed by atoms with E-state index in [1.807, 2.05) is 78.9 Å². The Morgan fingerprint density at radius 1 is 0.786 bits per heavy atom. The molecule has 4 aromatic rings. The number of amides is 1. The summed E-state index contributed by atoms with van der Waals surface area (Å²) < 4.78 is 6.17. The highest BCUT2D eigenvalue weighted by Crippen LogP contribution is 2.24. The summed E-state index contributed by atoms with van der Waals surface area (Å²) in [5, 5.41) is 12.1. The summed E-state index contributed by atoms with van der Waals surface area (Å²) >= 11 is 0. The summed E-state index contributed by atoms with van der Waals surface area (Å²) in [6.07, 6.45) is 9.21. The van der Waals surface area contributed by atoms with Crippen LogP contribution in [0.5, 0.6) is 5.75 Å². The minimum Gasteiger partial charge on any atom is -0.488 e. The van der Waals surface area contributed by atoms with Gasteiger partial charge in [0.05, 0.1) is 5.56 Å². The molecule has 0 aliphatic heterocycles. The minimum absolute atomic E-state index is 0.164. The Kier molecular flexibility index (Phi) is 11.2. The average Bonchev–Trinajstić information content (AvgIpc) is 3.02. The SMILES string of the molecule is O=CCCCCC(/C=C/c1ccccc1OCc1ccc(C(=O)Nc2ccccc2)cc1)Cc1ccc(C(=O)O)cc1. The molecule has 0 bridgehead atoms. The summed E-state index contributed by atoms with van der Waals surface area (Å²) in [5.74, 6) is -0.129. The lowest BCUT2D eigenvalue weighted by Crippen LogP contribution is -2.11. The fraction of sp³-hybridized carbons (Fsp3) is 0.194. The number of carboxylic acid groups (broad SMARTS) is 1. The van der Waals surface area contributed by atoms with E-state index in [1.54, 1.807) is 24.3 Å². The van der Waals surface area contributed by atoms with E-state index in [4.69, 9.17) is 4.74 Å². The molecule has 6 nitrogen and oxygen atoms in total. The van der Waals surface area contributed by atoms with Gasteiger partial charge in [-0.1, -0.05) is 79.2 Å². The molecular formula is C36H35NO5. The fourth-order valence-electron chi connectivity index (χ4n) is 4.61. The van der Waals surface area contributed by atoms with Gasteiger partial charge in [0, 0.05) is 23.2 Å². The molecule has 0 fully saturated rings. The predicted molar refractivity (Wildman–Crippen MR) is 166 cm³/mol. The van der Waals surface area contributed by atoms with Crippen molar-refractivity contribution in [2.45, 2.75) is 38.7 Å². The van der Waals surface area contributed by atoms with Gasteiger partial charge in [-0.05, 0) is 78.8 Å². The maximum absolute atomic E-state index is 12.5. The molecule has 0 aliphatic rings. The standard InChI is InChI=1S/C36H35NO5/c38-24-8-2-3-9-27(25-28-15-22-32(23-16-28)36(40)41)14-19-30-10-6-7-13-34(30)42-26-29-17-20-31(21-18-29)35(39)37-33-11-4-1-5-12-33/h1,4-7,10-24,27H,2-3,8-9,25-26H2,(H,37,39)(H,40,41)/b19-14+. The maximum atomic E-state index is 12.5. The Bertz CT molecular complexity index is 1480. The molecule has 214 valence electrons. The highest BCUT2D eigenvalue weighted by molar-refractivity contribution is 6.04. The van der Waals surface area contributed by atoms with Gasteiger partial charge in [0.25, 0.3) is 5.91 Å². The Labute approximate surface area is 246 Å². The molecule has 0 heterocycles. The van der Waals surface area contributed by atoms with Gasteiger partial charge in [-0.15, -0.1) is 0 Å². The number of hydrogen-bond donors (Lipinski definition) is 2. The first-order valence-corrected chi connectivity index (χ1v) is 14.1. The number of para-hydroxylation sites is 2. The monoisotopic (exact) mass is 561 g/mol. The van der Waals surface area contributed by atoms with Crippen molar-refractivity contribution in [3.05, 3.63) is 137 Å². The summed E-state index contributed by atoms with van der Waals surface area (Å²) in [6.45, 7) is 0.358. The number of carbonyl (C=O) groups is 3. The van der Waals surface area contributed by atoms with Gasteiger partial charge >= 0.3 is 5.97 Å². The van der Waals surface area contributed by atoms with Crippen LogP contribution in [0.25, 0.3) is 6.08 Å². The summed E-state index contributed by atoms with van der Waals surface area (Å²) in [6, 6.07) is 31.6. The number of hydrogen-bond acceptors (Lipinski definition) is 4.